The topological polar surface area (TPSA) is 56.1 Å². The second-order valence-electron chi connectivity index (χ2n) is 2.82. The van der Waals surface area contributed by atoms with Gasteiger partial charge in [0, 0.05) is 0 Å². The maximum atomic E-state index is 11.4. The van der Waals surface area contributed by atoms with Crippen molar-refractivity contribution in [1.82, 2.24) is 10.2 Å². The summed E-state index contributed by atoms with van der Waals surface area (Å²) in [5.41, 5.74) is 0. The summed E-state index contributed by atoms with van der Waals surface area (Å²) >= 11 is 0. The Kier molecular flexibility index (Phi) is 6.19. The van der Waals surface area contributed by atoms with E-state index >= 15 is 0 Å². The predicted molar refractivity (Wildman–Crippen MR) is 54.2 cm³/mol. The summed E-state index contributed by atoms with van der Waals surface area (Å²) in [6.45, 7) is 4.81. The van der Waals surface area contributed by atoms with Crippen LogP contribution in [0.2, 0.25) is 0 Å². The molecule has 0 aliphatic rings. The zero-order chi connectivity index (χ0) is 11.0. The predicted octanol–water partition coefficient (Wildman–Crippen LogP) is -0.0302. The van der Waals surface area contributed by atoms with Crippen LogP contribution in [0.3, 0.4) is 0 Å². The molecule has 0 aliphatic carbocycles. The van der Waals surface area contributed by atoms with Gasteiger partial charge in [-0.05, 0) is 13.5 Å². The van der Waals surface area contributed by atoms with E-state index < -0.39 is 0 Å². The van der Waals surface area contributed by atoms with Crippen molar-refractivity contribution in [2.45, 2.75) is 19.9 Å². The first-order valence-corrected chi connectivity index (χ1v) is 4.49. The van der Waals surface area contributed by atoms with Gasteiger partial charge in [-0.25, -0.2) is 0 Å². The van der Waals surface area contributed by atoms with Gasteiger partial charge in [-0.2, -0.15) is 5.26 Å². The fourth-order valence-corrected chi connectivity index (χ4v) is 1.07. The number of amides is 1. The largest absolute Gasteiger partial charge is 0.344 e. The number of nitrogens with zero attached hydrogens (tertiary/aromatic N) is 2. The number of hydrogen-bond acceptors (Lipinski definition) is 3. The monoisotopic (exact) mass is 193 g/mol. The van der Waals surface area contributed by atoms with Crippen LogP contribution in [0.15, 0.2) is 0 Å². The van der Waals surface area contributed by atoms with Crippen LogP contribution in [0.4, 0.5) is 0 Å². The maximum Gasteiger partial charge on any atom is 0.237 e. The molecule has 0 aromatic rings. The maximum absolute atomic E-state index is 11.4. The molecule has 0 aliphatic heterocycles. The third kappa shape index (κ3) is 3.93. The summed E-state index contributed by atoms with van der Waals surface area (Å²) in [5.74, 6) is 2.19. The van der Waals surface area contributed by atoms with E-state index in [0.29, 0.717) is 6.54 Å². The number of carbonyl (C=O) groups is 1. The molecular weight excluding hydrogens is 178 g/mol. The summed E-state index contributed by atoms with van der Waals surface area (Å²) in [6, 6.07) is 1.70. The standard InChI is InChI=1S/C10H15N3O/c1-4-7-12-10(14)9(3)13(5-2)8-6-11/h1,9H,5,7-8H2,2-3H3,(H,12,14). The third-order valence-corrected chi connectivity index (χ3v) is 1.97. The van der Waals surface area contributed by atoms with Crippen LogP contribution in [0.5, 0.6) is 0 Å². The smallest absolute Gasteiger partial charge is 0.237 e. The molecule has 76 valence electrons. The van der Waals surface area contributed by atoms with Gasteiger partial charge in [-0.15, -0.1) is 6.42 Å². The quantitative estimate of drug-likeness (QED) is 0.493. The molecule has 1 atom stereocenters. The Bertz CT molecular complexity index is 262. The Morgan fingerprint density at radius 3 is 2.79 bits per heavy atom. The normalized spacial score (nSPS) is 11.5. The number of rotatable bonds is 5. The van der Waals surface area contributed by atoms with Crippen molar-refractivity contribution in [2.75, 3.05) is 19.6 Å². The fourth-order valence-electron chi connectivity index (χ4n) is 1.07. The van der Waals surface area contributed by atoms with E-state index in [0.717, 1.165) is 0 Å². The molecule has 0 rings (SSSR count). The van der Waals surface area contributed by atoms with Gasteiger partial charge in [-0.1, -0.05) is 12.8 Å². The van der Waals surface area contributed by atoms with Crippen molar-refractivity contribution in [3.63, 3.8) is 0 Å². The van der Waals surface area contributed by atoms with E-state index in [1.165, 1.54) is 0 Å². The first-order valence-electron chi connectivity index (χ1n) is 4.49. The summed E-state index contributed by atoms with van der Waals surface area (Å²) in [5, 5.41) is 11.1. The minimum absolute atomic E-state index is 0.139. The SMILES string of the molecule is C#CCNC(=O)C(C)N(CC)CC#N. The Morgan fingerprint density at radius 2 is 2.36 bits per heavy atom. The Balaban J connectivity index is 4.15. The number of carbonyl (C=O) groups excluding carboxylic acids is 1. The van der Waals surface area contributed by atoms with Crippen LogP contribution in [0.1, 0.15) is 13.8 Å². The number of nitrogens with one attached hydrogen (secondary N) is 1. The highest BCUT2D eigenvalue weighted by Crippen LogP contribution is 1.97. The molecule has 1 N–H and O–H groups in total. The Morgan fingerprint density at radius 1 is 1.71 bits per heavy atom. The molecule has 0 spiro atoms. The van der Waals surface area contributed by atoms with Crippen molar-refractivity contribution < 1.29 is 4.79 Å². The summed E-state index contributed by atoms with van der Waals surface area (Å²) in [7, 11) is 0. The molecule has 0 aromatic heterocycles. The van der Waals surface area contributed by atoms with Gasteiger partial charge in [0.05, 0.1) is 25.2 Å². The molecule has 14 heavy (non-hydrogen) atoms. The molecule has 4 heteroatoms. The van der Waals surface area contributed by atoms with Gasteiger partial charge in [0.15, 0.2) is 0 Å². The zero-order valence-corrected chi connectivity index (χ0v) is 8.58. The summed E-state index contributed by atoms with van der Waals surface area (Å²) in [4.78, 5) is 13.2. The molecule has 0 radical (unpaired) electrons. The molecule has 1 amide bonds. The van der Waals surface area contributed by atoms with Crippen molar-refractivity contribution in [1.29, 1.82) is 5.26 Å². The van der Waals surface area contributed by atoms with Crippen LogP contribution in [0, 0.1) is 23.7 Å². The fraction of sp³-hybridized carbons (Fsp3) is 0.600. The minimum Gasteiger partial charge on any atom is -0.344 e. The van der Waals surface area contributed by atoms with Gasteiger partial charge >= 0.3 is 0 Å². The van der Waals surface area contributed by atoms with Crippen molar-refractivity contribution >= 4 is 5.91 Å². The molecule has 0 fully saturated rings. The van der Waals surface area contributed by atoms with E-state index in [1.54, 1.807) is 11.8 Å². The van der Waals surface area contributed by atoms with E-state index in [-0.39, 0.29) is 25.0 Å². The second kappa shape index (κ2) is 6.94. The van der Waals surface area contributed by atoms with Gasteiger partial charge in [0.25, 0.3) is 0 Å². The molecule has 4 nitrogen and oxygen atoms in total. The van der Waals surface area contributed by atoms with Crippen LogP contribution in [0.25, 0.3) is 0 Å². The first kappa shape index (κ1) is 12.5. The second-order valence-corrected chi connectivity index (χ2v) is 2.82. The Labute approximate surface area is 84.9 Å². The molecule has 0 saturated heterocycles. The number of terminal acetylenes is 1. The molecule has 0 aromatic carbocycles. The minimum atomic E-state index is -0.312. The van der Waals surface area contributed by atoms with E-state index in [2.05, 4.69) is 11.2 Å². The third-order valence-electron chi connectivity index (χ3n) is 1.97. The highest BCUT2D eigenvalue weighted by atomic mass is 16.2. The highest BCUT2D eigenvalue weighted by molar-refractivity contribution is 5.81. The van der Waals surface area contributed by atoms with E-state index in [9.17, 15) is 4.79 Å². The average molecular weight is 193 g/mol. The lowest BCUT2D eigenvalue weighted by Gasteiger charge is -2.23. The van der Waals surface area contributed by atoms with Gasteiger partial charge in [0.2, 0.25) is 5.91 Å². The Hall–Kier alpha value is -1.52. The van der Waals surface area contributed by atoms with Gasteiger partial charge in [-0.3, -0.25) is 9.69 Å². The average Bonchev–Trinajstić information content (AvgIpc) is 2.21. The van der Waals surface area contributed by atoms with Crippen molar-refractivity contribution in [3.05, 3.63) is 0 Å². The van der Waals surface area contributed by atoms with Crippen LogP contribution >= 0.6 is 0 Å². The lowest BCUT2D eigenvalue weighted by molar-refractivity contribution is -0.125. The van der Waals surface area contributed by atoms with Crippen LogP contribution < -0.4 is 5.32 Å². The van der Waals surface area contributed by atoms with Crippen LogP contribution in [-0.4, -0.2) is 36.5 Å². The lowest BCUT2D eigenvalue weighted by Crippen LogP contribution is -2.45. The van der Waals surface area contributed by atoms with Crippen molar-refractivity contribution in [2.24, 2.45) is 0 Å². The van der Waals surface area contributed by atoms with Gasteiger partial charge < -0.3 is 5.32 Å². The molecule has 1 unspecified atom stereocenters. The number of hydrogen-bond donors (Lipinski definition) is 1. The zero-order valence-electron chi connectivity index (χ0n) is 8.58. The molecule has 0 heterocycles. The van der Waals surface area contributed by atoms with Gasteiger partial charge in [0.1, 0.15) is 0 Å². The number of nitriles is 1. The van der Waals surface area contributed by atoms with Crippen molar-refractivity contribution in [3.8, 4) is 18.4 Å². The molecule has 0 bridgehead atoms. The van der Waals surface area contributed by atoms with E-state index in [1.807, 2.05) is 13.0 Å². The lowest BCUT2D eigenvalue weighted by atomic mass is 10.2. The summed E-state index contributed by atoms with van der Waals surface area (Å²) < 4.78 is 0. The molecule has 0 saturated carbocycles. The number of likely N-dealkylation sites (N-methyl/N-ethyl adjacent to an activating group) is 1. The molecular formula is C10H15N3O. The first-order chi connectivity index (χ1) is 6.67. The van der Waals surface area contributed by atoms with E-state index in [4.69, 9.17) is 11.7 Å². The summed E-state index contributed by atoms with van der Waals surface area (Å²) in [6.07, 6.45) is 5.01. The highest BCUT2D eigenvalue weighted by Gasteiger charge is 2.18. The van der Waals surface area contributed by atoms with Crippen LogP contribution in [-0.2, 0) is 4.79 Å².